The second-order valence-electron chi connectivity index (χ2n) is 6.72. The van der Waals surface area contributed by atoms with Gasteiger partial charge < -0.3 is 19.1 Å². The molecule has 2 rings (SSSR count). The fraction of sp³-hybridized carbons (Fsp3) is 0.600. The molecule has 27 heavy (non-hydrogen) atoms. The molecule has 1 amide bonds. The molecular formula is C20H30N2O5. The third-order valence-corrected chi connectivity index (χ3v) is 4.65. The first-order chi connectivity index (χ1) is 13.0. The number of benzene rings is 1. The molecule has 1 saturated heterocycles. The van der Waals surface area contributed by atoms with E-state index >= 15 is 0 Å². The highest BCUT2D eigenvalue weighted by Gasteiger charge is 2.19. The van der Waals surface area contributed by atoms with Crippen molar-refractivity contribution in [1.29, 1.82) is 0 Å². The molecule has 0 spiro atoms. The topological polar surface area (TPSA) is 68.3 Å². The molecule has 1 aromatic carbocycles. The van der Waals surface area contributed by atoms with Crippen molar-refractivity contribution >= 4 is 11.9 Å². The van der Waals surface area contributed by atoms with Crippen molar-refractivity contribution in [3.63, 3.8) is 0 Å². The van der Waals surface area contributed by atoms with E-state index in [9.17, 15) is 9.59 Å². The molecule has 0 aromatic heterocycles. The Bertz CT molecular complexity index is 629. The van der Waals surface area contributed by atoms with Crippen molar-refractivity contribution in [3.05, 3.63) is 29.3 Å². The Kier molecular flexibility index (Phi) is 8.54. The van der Waals surface area contributed by atoms with Crippen LogP contribution >= 0.6 is 0 Å². The number of morpholine rings is 1. The van der Waals surface area contributed by atoms with E-state index in [1.165, 1.54) is 7.11 Å². The van der Waals surface area contributed by atoms with Crippen molar-refractivity contribution in [2.75, 3.05) is 59.7 Å². The van der Waals surface area contributed by atoms with Gasteiger partial charge in [0.25, 0.3) is 5.91 Å². The second kappa shape index (κ2) is 10.9. The number of ether oxygens (including phenoxy) is 3. The number of hydrogen-bond donors (Lipinski definition) is 0. The third kappa shape index (κ3) is 7.19. The predicted octanol–water partition coefficient (Wildman–Crippen LogP) is 1.41. The number of hydrogen-bond acceptors (Lipinski definition) is 6. The van der Waals surface area contributed by atoms with Gasteiger partial charge in [-0.1, -0.05) is 12.1 Å². The van der Waals surface area contributed by atoms with Crippen LogP contribution in [0.1, 0.15) is 17.5 Å². The van der Waals surface area contributed by atoms with E-state index in [0.29, 0.717) is 32.1 Å². The second-order valence-corrected chi connectivity index (χ2v) is 6.72. The molecule has 7 heteroatoms. The maximum absolute atomic E-state index is 12.7. The van der Waals surface area contributed by atoms with Crippen molar-refractivity contribution in [1.82, 2.24) is 9.80 Å². The summed E-state index contributed by atoms with van der Waals surface area (Å²) in [6.07, 6.45) is 0.175. The van der Waals surface area contributed by atoms with Crippen LogP contribution in [0.3, 0.4) is 0 Å². The number of amides is 1. The minimum Gasteiger partial charge on any atom is -0.483 e. The van der Waals surface area contributed by atoms with Crippen LogP contribution in [-0.4, -0.2) is 81.3 Å². The van der Waals surface area contributed by atoms with Gasteiger partial charge in [0, 0.05) is 32.7 Å². The Morgan fingerprint density at radius 1 is 1.19 bits per heavy atom. The lowest BCUT2D eigenvalue weighted by atomic mass is 10.1. The fourth-order valence-corrected chi connectivity index (χ4v) is 2.87. The Labute approximate surface area is 161 Å². The van der Waals surface area contributed by atoms with Gasteiger partial charge in [-0.15, -0.1) is 0 Å². The first-order valence-electron chi connectivity index (χ1n) is 9.34. The van der Waals surface area contributed by atoms with Gasteiger partial charge in [0.05, 0.1) is 26.7 Å². The molecule has 0 N–H and O–H groups in total. The summed E-state index contributed by atoms with van der Waals surface area (Å²) in [6.45, 7) is 8.66. The quantitative estimate of drug-likeness (QED) is 0.605. The van der Waals surface area contributed by atoms with Crippen molar-refractivity contribution in [2.45, 2.75) is 20.3 Å². The summed E-state index contributed by atoms with van der Waals surface area (Å²) < 4.78 is 15.8. The van der Waals surface area contributed by atoms with Gasteiger partial charge in [-0.2, -0.15) is 0 Å². The first-order valence-corrected chi connectivity index (χ1v) is 9.34. The van der Waals surface area contributed by atoms with Crippen LogP contribution < -0.4 is 4.74 Å². The van der Waals surface area contributed by atoms with E-state index in [4.69, 9.17) is 14.2 Å². The SMILES string of the molecule is COC(=O)CCN(CCN1CCOCC1)C(=O)COc1cc(C)ccc1C. The maximum atomic E-state index is 12.7. The standard InChI is InChI=1S/C20H30N2O5/c1-16-4-5-17(2)18(14-16)27-15-19(23)22(7-6-20(24)25-3)9-8-21-10-12-26-13-11-21/h4-5,14H,6-13,15H2,1-3H3. The van der Waals surface area contributed by atoms with Gasteiger partial charge in [0.2, 0.25) is 0 Å². The zero-order valence-corrected chi connectivity index (χ0v) is 16.5. The minimum absolute atomic E-state index is 0.0470. The number of carbonyl (C=O) groups is 2. The van der Waals surface area contributed by atoms with E-state index in [-0.39, 0.29) is 24.9 Å². The minimum atomic E-state index is -0.324. The molecule has 150 valence electrons. The van der Waals surface area contributed by atoms with Crippen LogP contribution in [0.5, 0.6) is 5.75 Å². The molecule has 7 nitrogen and oxygen atoms in total. The number of esters is 1. The normalized spacial score (nSPS) is 14.6. The molecule has 0 radical (unpaired) electrons. The molecule has 0 atom stereocenters. The highest BCUT2D eigenvalue weighted by molar-refractivity contribution is 5.78. The summed E-state index contributed by atoms with van der Waals surface area (Å²) in [5.74, 6) is 0.257. The summed E-state index contributed by atoms with van der Waals surface area (Å²) in [5, 5.41) is 0. The van der Waals surface area contributed by atoms with E-state index in [1.54, 1.807) is 4.90 Å². The molecule has 1 heterocycles. The highest BCUT2D eigenvalue weighted by Crippen LogP contribution is 2.19. The van der Waals surface area contributed by atoms with Gasteiger partial charge in [-0.25, -0.2) is 0 Å². The van der Waals surface area contributed by atoms with Crippen LogP contribution in [0.4, 0.5) is 0 Å². The summed E-state index contributed by atoms with van der Waals surface area (Å²) in [4.78, 5) is 28.1. The highest BCUT2D eigenvalue weighted by atomic mass is 16.5. The molecular weight excluding hydrogens is 348 g/mol. The average molecular weight is 378 g/mol. The summed E-state index contributed by atoms with van der Waals surface area (Å²) in [6, 6.07) is 5.91. The fourth-order valence-electron chi connectivity index (χ4n) is 2.87. The van der Waals surface area contributed by atoms with E-state index in [2.05, 4.69) is 4.90 Å². The molecule has 0 aliphatic carbocycles. The number of aryl methyl sites for hydroxylation is 2. The largest absolute Gasteiger partial charge is 0.483 e. The van der Waals surface area contributed by atoms with E-state index in [0.717, 1.165) is 30.8 Å². The van der Waals surface area contributed by atoms with Crippen molar-refractivity contribution in [2.24, 2.45) is 0 Å². The molecule has 1 aliphatic rings. The van der Waals surface area contributed by atoms with E-state index < -0.39 is 0 Å². The smallest absolute Gasteiger partial charge is 0.307 e. The maximum Gasteiger partial charge on any atom is 0.307 e. The predicted molar refractivity (Wildman–Crippen MR) is 102 cm³/mol. The summed E-state index contributed by atoms with van der Waals surface area (Å²) in [7, 11) is 1.35. The van der Waals surface area contributed by atoms with Crippen LogP contribution in [0, 0.1) is 13.8 Å². The monoisotopic (exact) mass is 378 g/mol. The lowest BCUT2D eigenvalue weighted by molar-refractivity contribution is -0.142. The van der Waals surface area contributed by atoms with Gasteiger partial charge in [-0.3, -0.25) is 14.5 Å². The Morgan fingerprint density at radius 2 is 1.93 bits per heavy atom. The lowest BCUT2D eigenvalue weighted by Crippen LogP contribution is -2.44. The lowest BCUT2D eigenvalue weighted by Gasteiger charge is -2.30. The number of carbonyl (C=O) groups excluding carboxylic acids is 2. The Balaban J connectivity index is 1.91. The molecule has 1 fully saturated rings. The van der Waals surface area contributed by atoms with Crippen LogP contribution in [0.25, 0.3) is 0 Å². The van der Waals surface area contributed by atoms with Crippen LogP contribution in [0.15, 0.2) is 18.2 Å². The van der Waals surface area contributed by atoms with Gasteiger partial charge in [0.15, 0.2) is 6.61 Å². The van der Waals surface area contributed by atoms with Gasteiger partial charge in [-0.05, 0) is 31.0 Å². The van der Waals surface area contributed by atoms with Crippen molar-refractivity contribution in [3.8, 4) is 5.75 Å². The molecule has 1 aromatic rings. The zero-order chi connectivity index (χ0) is 19.6. The molecule has 0 unspecified atom stereocenters. The van der Waals surface area contributed by atoms with Crippen molar-refractivity contribution < 1.29 is 23.8 Å². The molecule has 0 bridgehead atoms. The van der Waals surface area contributed by atoms with Gasteiger partial charge in [0.1, 0.15) is 5.75 Å². The molecule has 0 saturated carbocycles. The first kappa shape index (κ1) is 21.2. The van der Waals surface area contributed by atoms with Crippen LogP contribution in [0.2, 0.25) is 0 Å². The van der Waals surface area contributed by atoms with E-state index in [1.807, 2.05) is 32.0 Å². The Hall–Kier alpha value is -2.12. The zero-order valence-electron chi connectivity index (χ0n) is 16.5. The number of nitrogens with zero attached hydrogens (tertiary/aromatic N) is 2. The Morgan fingerprint density at radius 3 is 2.63 bits per heavy atom. The summed E-state index contributed by atoms with van der Waals surface area (Å²) >= 11 is 0. The average Bonchev–Trinajstić information content (AvgIpc) is 2.69. The summed E-state index contributed by atoms with van der Waals surface area (Å²) in [5.41, 5.74) is 2.07. The number of rotatable bonds is 9. The van der Waals surface area contributed by atoms with Crippen LogP contribution in [-0.2, 0) is 19.1 Å². The third-order valence-electron chi connectivity index (χ3n) is 4.65. The van der Waals surface area contributed by atoms with Gasteiger partial charge >= 0.3 is 5.97 Å². The number of methoxy groups -OCH3 is 1. The molecule has 1 aliphatic heterocycles.